The molecule has 4 N–H and O–H groups in total. The molecule has 0 aliphatic heterocycles. The maximum Gasteiger partial charge on any atom is 0.323 e. The summed E-state index contributed by atoms with van der Waals surface area (Å²) in [6.45, 7) is 7.62. The molecule has 0 heterocycles. The highest BCUT2D eigenvalue weighted by Gasteiger charge is 2.19. The lowest BCUT2D eigenvalue weighted by molar-refractivity contribution is -0.144. The molecule has 0 spiro atoms. The minimum atomic E-state index is -4.47. The third kappa shape index (κ3) is 7.22. The molecular weight excluding hydrogens is 422 g/mol. The number of hydrogen-bond donors (Lipinski definition) is 3. The molecule has 0 amide bonds. The van der Waals surface area contributed by atoms with Gasteiger partial charge in [-0.25, -0.2) is 0 Å². The van der Waals surface area contributed by atoms with Crippen LogP contribution < -0.4 is 5.73 Å². The molecule has 29 heavy (non-hydrogen) atoms. The normalized spacial score (nSPS) is 12.6. The fraction of sp³-hybridized carbons (Fsp3) is 0.278. The number of carbonyl (C=O) groups is 1. The first kappa shape index (κ1) is 24.7. The highest BCUT2D eigenvalue weighted by Crippen LogP contribution is 2.27. The van der Waals surface area contributed by atoms with Crippen molar-refractivity contribution in [3.8, 4) is 0 Å². The van der Waals surface area contributed by atoms with Crippen molar-refractivity contribution in [2.24, 2.45) is 5.73 Å². The minimum absolute atomic E-state index is 0.0233. The molecule has 0 bridgehead atoms. The summed E-state index contributed by atoms with van der Waals surface area (Å²) in [5, 5.41) is 0.0465. The molecule has 0 fully saturated rings. The van der Waals surface area contributed by atoms with Crippen LogP contribution in [0.15, 0.2) is 58.3 Å². The smallest absolute Gasteiger partial charge is 0.323 e. The second-order valence-corrected chi connectivity index (χ2v) is 8.86. The molecule has 11 heteroatoms. The second kappa shape index (κ2) is 9.94. The molecule has 1 unspecified atom stereocenters. The second-order valence-electron chi connectivity index (χ2n) is 6.08. The first-order valence-electron chi connectivity index (χ1n) is 8.32. The Hall–Kier alpha value is -2.31. The van der Waals surface area contributed by atoms with E-state index in [1.54, 1.807) is 6.92 Å². The van der Waals surface area contributed by atoms with Crippen molar-refractivity contribution in [1.82, 2.24) is 0 Å². The van der Waals surface area contributed by atoms with Crippen molar-refractivity contribution in [2.45, 2.75) is 36.1 Å². The number of nitrogens with two attached hydrogens (primary N) is 1. The van der Waals surface area contributed by atoms with E-state index in [0.717, 1.165) is 17.7 Å². The summed E-state index contributed by atoms with van der Waals surface area (Å²) in [4.78, 5) is 10.1. The largest absolute Gasteiger partial charge is 0.465 e. The number of esters is 1. The van der Waals surface area contributed by atoms with Crippen molar-refractivity contribution in [3.05, 3.63) is 48.6 Å². The maximum absolute atomic E-state index is 11.2. The van der Waals surface area contributed by atoms with Crippen LogP contribution in [-0.4, -0.2) is 44.6 Å². The van der Waals surface area contributed by atoms with Gasteiger partial charge < -0.3 is 10.5 Å². The van der Waals surface area contributed by atoms with Crippen LogP contribution in [0.4, 0.5) is 0 Å². The molecule has 0 radical (unpaired) electrons. The first-order chi connectivity index (χ1) is 13.3. The fourth-order valence-electron chi connectivity index (χ4n) is 2.41. The lowest BCUT2D eigenvalue weighted by Gasteiger charge is -2.09. The topological polar surface area (TPSA) is 161 Å². The van der Waals surface area contributed by atoms with Crippen LogP contribution in [0, 0.1) is 0 Å². The number of rotatable bonds is 6. The predicted octanol–water partition coefficient (Wildman–Crippen LogP) is 2.18. The minimum Gasteiger partial charge on any atom is -0.465 e. The molecule has 0 saturated carbocycles. The van der Waals surface area contributed by atoms with Crippen LogP contribution in [0.5, 0.6) is 0 Å². The van der Waals surface area contributed by atoms with E-state index in [2.05, 4.69) is 6.58 Å². The van der Waals surface area contributed by atoms with Gasteiger partial charge in [0.05, 0.1) is 6.61 Å². The van der Waals surface area contributed by atoms with E-state index in [9.17, 15) is 21.6 Å². The number of fused-ring (bicyclic) bond motifs is 1. The third-order valence-corrected chi connectivity index (χ3v) is 5.38. The van der Waals surface area contributed by atoms with Gasteiger partial charge in [0, 0.05) is 10.8 Å². The average molecular weight is 446 g/mol. The first-order valence-corrected chi connectivity index (χ1v) is 11.2. The molecule has 0 aromatic heterocycles. The Bertz CT molecular complexity index is 1040. The summed E-state index contributed by atoms with van der Waals surface area (Å²) in [5.74, 6) is -0.351. The predicted molar refractivity (Wildman–Crippen MR) is 108 cm³/mol. The highest BCUT2D eigenvalue weighted by atomic mass is 32.2. The van der Waals surface area contributed by atoms with Crippen molar-refractivity contribution in [2.75, 3.05) is 6.61 Å². The zero-order valence-electron chi connectivity index (χ0n) is 15.9. The van der Waals surface area contributed by atoms with Gasteiger partial charge in [-0.05, 0) is 32.4 Å². The summed E-state index contributed by atoms with van der Waals surface area (Å²) < 4.78 is 67.4. The quantitative estimate of drug-likeness (QED) is 0.344. The SMILES string of the molecule is C=C(C)CC(N)C(=O)OCC.O=S(=O)(O)c1cccc2c(S(=O)(=O)O)cccc12. The number of ether oxygens (including phenoxy) is 1. The zero-order chi connectivity index (χ0) is 22.4. The molecule has 2 aromatic carbocycles. The lowest BCUT2D eigenvalue weighted by Crippen LogP contribution is -2.32. The number of benzene rings is 2. The Balaban J connectivity index is 0.000000331. The van der Waals surface area contributed by atoms with Crippen molar-refractivity contribution >= 4 is 37.0 Å². The molecule has 1 atom stereocenters. The molecule has 0 aliphatic carbocycles. The zero-order valence-corrected chi connectivity index (χ0v) is 17.5. The average Bonchev–Trinajstić information content (AvgIpc) is 2.59. The van der Waals surface area contributed by atoms with E-state index >= 15 is 0 Å². The van der Waals surface area contributed by atoms with Gasteiger partial charge in [-0.15, -0.1) is 6.58 Å². The van der Waals surface area contributed by atoms with E-state index in [-0.39, 0.29) is 16.7 Å². The van der Waals surface area contributed by atoms with Crippen LogP contribution >= 0.6 is 0 Å². The summed E-state index contributed by atoms with van der Waals surface area (Å²) >= 11 is 0. The van der Waals surface area contributed by atoms with Crippen LogP contribution in [0.1, 0.15) is 20.3 Å². The Labute approximate surface area is 169 Å². The van der Waals surface area contributed by atoms with Gasteiger partial charge >= 0.3 is 5.97 Å². The van der Waals surface area contributed by atoms with Gasteiger partial charge in [0.25, 0.3) is 20.2 Å². The molecule has 2 aromatic rings. The monoisotopic (exact) mass is 445 g/mol. The lowest BCUT2D eigenvalue weighted by atomic mass is 10.1. The molecular formula is C18H23NO8S2. The molecule has 2 rings (SSSR count). The summed E-state index contributed by atoms with van der Waals surface area (Å²) in [7, 11) is -8.94. The number of carbonyl (C=O) groups excluding carboxylic acids is 1. The summed E-state index contributed by atoms with van der Waals surface area (Å²) in [6, 6.07) is 6.98. The van der Waals surface area contributed by atoms with Crippen LogP contribution in [0.3, 0.4) is 0 Å². The van der Waals surface area contributed by atoms with E-state index in [1.165, 1.54) is 24.3 Å². The van der Waals surface area contributed by atoms with E-state index in [0.29, 0.717) is 13.0 Å². The number of hydrogen-bond acceptors (Lipinski definition) is 7. The van der Waals surface area contributed by atoms with Gasteiger partial charge in [-0.3, -0.25) is 13.9 Å². The van der Waals surface area contributed by atoms with Gasteiger partial charge in [0.2, 0.25) is 0 Å². The molecule has 0 aliphatic rings. The standard InChI is InChI=1S/C10H8O6S2.C8H15NO2/c11-17(12,13)9-5-1-3-7-8(9)4-2-6-10(7)18(14,15)16;1-4-11-8(10)7(9)5-6(2)3/h1-6H,(H,11,12,13)(H,14,15,16);7H,2,4-5,9H2,1,3H3. The van der Waals surface area contributed by atoms with E-state index in [1.807, 2.05) is 6.92 Å². The Kier molecular flexibility index (Phi) is 8.48. The van der Waals surface area contributed by atoms with Crippen molar-refractivity contribution in [1.29, 1.82) is 0 Å². The van der Waals surface area contributed by atoms with Gasteiger partial charge in [0.15, 0.2) is 0 Å². The summed E-state index contributed by atoms with van der Waals surface area (Å²) in [5.41, 5.74) is 6.36. The van der Waals surface area contributed by atoms with Crippen LogP contribution in [0.25, 0.3) is 10.8 Å². The van der Waals surface area contributed by atoms with E-state index < -0.39 is 36.1 Å². The molecule has 0 saturated heterocycles. The third-order valence-electron chi connectivity index (χ3n) is 3.56. The van der Waals surface area contributed by atoms with Crippen molar-refractivity contribution < 1.29 is 35.5 Å². The molecule has 9 nitrogen and oxygen atoms in total. The van der Waals surface area contributed by atoms with Crippen molar-refractivity contribution in [3.63, 3.8) is 0 Å². The summed E-state index contributed by atoms with van der Waals surface area (Å²) in [6.07, 6.45) is 0.499. The Morgan fingerprint density at radius 3 is 1.76 bits per heavy atom. The van der Waals surface area contributed by atoms with E-state index in [4.69, 9.17) is 19.6 Å². The highest BCUT2D eigenvalue weighted by molar-refractivity contribution is 7.86. The van der Waals surface area contributed by atoms with Gasteiger partial charge in [0.1, 0.15) is 15.8 Å². The van der Waals surface area contributed by atoms with Crippen LogP contribution in [0.2, 0.25) is 0 Å². The fourth-order valence-corrected chi connectivity index (χ4v) is 3.82. The maximum atomic E-state index is 11.2. The van der Waals surface area contributed by atoms with Gasteiger partial charge in [-0.1, -0.05) is 29.8 Å². The Morgan fingerprint density at radius 1 is 1.03 bits per heavy atom. The molecule has 160 valence electrons. The van der Waals surface area contributed by atoms with Gasteiger partial charge in [-0.2, -0.15) is 16.8 Å². The Morgan fingerprint density at radius 2 is 1.45 bits per heavy atom. The van der Waals surface area contributed by atoms with Crippen LogP contribution in [-0.2, 0) is 29.8 Å².